The van der Waals surface area contributed by atoms with Crippen molar-refractivity contribution in [3.63, 3.8) is 0 Å². The van der Waals surface area contributed by atoms with Gasteiger partial charge in [-0.1, -0.05) is 0 Å². The molecule has 1 saturated carbocycles. The number of aromatic nitrogens is 2. The number of nitrogens with zero attached hydrogens (tertiary/aromatic N) is 3. The van der Waals surface area contributed by atoms with E-state index in [2.05, 4.69) is 43.3 Å². The van der Waals surface area contributed by atoms with Gasteiger partial charge in [0.05, 0.1) is 0 Å². The van der Waals surface area contributed by atoms with Crippen LogP contribution in [0.2, 0.25) is 4.71 Å². The summed E-state index contributed by atoms with van der Waals surface area (Å²) in [4.78, 5) is 2.39. The van der Waals surface area contributed by atoms with Gasteiger partial charge in [0.15, 0.2) is 0 Å². The van der Waals surface area contributed by atoms with Crippen molar-refractivity contribution in [1.29, 1.82) is 0 Å². The Bertz CT molecular complexity index is 394. The van der Waals surface area contributed by atoms with Crippen LogP contribution in [0, 0.1) is 5.92 Å². The van der Waals surface area contributed by atoms with E-state index in [1.165, 1.54) is 24.9 Å². The number of nitrogens with one attached hydrogen (secondary N) is 1. The molecule has 1 atom stereocenters. The van der Waals surface area contributed by atoms with Crippen LogP contribution in [0.15, 0.2) is 12.3 Å². The SMILES string of the molecule is [As][C@@H]1CCN(c2cnnc(NCC3CC3)c2)C1. The van der Waals surface area contributed by atoms with Crippen molar-refractivity contribution in [2.45, 2.75) is 24.0 Å². The van der Waals surface area contributed by atoms with E-state index in [0.29, 0.717) is 0 Å². The summed E-state index contributed by atoms with van der Waals surface area (Å²) in [5.41, 5.74) is 1.20. The molecule has 4 nitrogen and oxygen atoms in total. The molecule has 0 unspecified atom stereocenters. The van der Waals surface area contributed by atoms with E-state index in [4.69, 9.17) is 0 Å². The van der Waals surface area contributed by atoms with Crippen molar-refractivity contribution in [1.82, 2.24) is 10.2 Å². The van der Waals surface area contributed by atoms with Crippen molar-refractivity contribution in [3.8, 4) is 0 Å². The molecule has 1 aromatic heterocycles. The van der Waals surface area contributed by atoms with Gasteiger partial charge < -0.3 is 0 Å². The third kappa shape index (κ3) is 2.92. The molecule has 17 heavy (non-hydrogen) atoms. The van der Waals surface area contributed by atoms with Crippen LogP contribution in [0.5, 0.6) is 0 Å². The van der Waals surface area contributed by atoms with Crippen molar-refractivity contribution >= 4 is 28.4 Å². The van der Waals surface area contributed by atoms with Crippen molar-refractivity contribution in [3.05, 3.63) is 12.3 Å². The molecule has 3 rings (SSSR count). The Balaban J connectivity index is 1.65. The Morgan fingerprint density at radius 2 is 2.29 bits per heavy atom. The van der Waals surface area contributed by atoms with E-state index in [-0.39, 0.29) is 0 Å². The Labute approximate surface area is 111 Å². The third-order valence-corrected chi connectivity index (χ3v) is 4.32. The molecule has 0 aromatic carbocycles. The molecule has 1 aromatic rings. The van der Waals surface area contributed by atoms with Gasteiger partial charge in [-0.2, -0.15) is 0 Å². The van der Waals surface area contributed by atoms with Crippen LogP contribution in [0.1, 0.15) is 19.3 Å². The van der Waals surface area contributed by atoms with Gasteiger partial charge >= 0.3 is 111 Å². The first-order valence-electron chi connectivity index (χ1n) is 6.31. The molecular weight excluding hydrogens is 275 g/mol. The number of anilines is 2. The molecular formula is C12H17AsN4. The first kappa shape index (κ1) is 11.3. The predicted molar refractivity (Wildman–Crippen MR) is 69.6 cm³/mol. The standard InChI is InChI=1S/C12H17AsN4/c13-10-3-4-17(8-10)11-5-12(16-15-7-11)14-6-9-1-2-9/h5,7,9-10H,1-4,6,8H2,(H,14,16)/t10-/m1/s1. The van der Waals surface area contributed by atoms with Crippen LogP contribution in [0.25, 0.3) is 0 Å². The second kappa shape index (κ2) is 4.85. The molecule has 0 bridgehead atoms. The van der Waals surface area contributed by atoms with Gasteiger partial charge in [-0.25, -0.2) is 0 Å². The molecule has 5 heteroatoms. The van der Waals surface area contributed by atoms with Gasteiger partial charge in [0.25, 0.3) is 0 Å². The average Bonchev–Trinajstić information content (AvgIpc) is 3.08. The maximum atomic E-state index is 4.14. The van der Waals surface area contributed by atoms with E-state index in [0.717, 1.165) is 36.1 Å². The molecule has 1 saturated heterocycles. The molecule has 1 N–H and O–H groups in total. The van der Waals surface area contributed by atoms with Crippen LogP contribution < -0.4 is 10.2 Å². The van der Waals surface area contributed by atoms with E-state index in [1.807, 2.05) is 6.20 Å². The molecule has 1 aliphatic heterocycles. The van der Waals surface area contributed by atoms with Gasteiger partial charge in [0, 0.05) is 0 Å². The van der Waals surface area contributed by atoms with E-state index in [1.54, 1.807) is 0 Å². The summed E-state index contributed by atoms with van der Waals surface area (Å²) in [5.74, 6) is 1.79. The normalized spacial score (nSPS) is 24.1. The zero-order chi connectivity index (χ0) is 11.7. The minimum atomic E-state index is 0.735. The van der Waals surface area contributed by atoms with Gasteiger partial charge in [-0.05, 0) is 0 Å². The van der Waals surface area contributed by atoms with Gasteiger partial charge in [0.1, 0.15) is 0 Å². The number of hydrogen-bond acceptors (Lipinski definition) is 4. The summed E-state index contributed by atoms with van der Waals surface area (Å²) in [5, 5.41) is 11.6. The van der Waals surface area contributed by atoms with Crippen LogP contribution >= 0.6 is 0 Å². The van der Waals surface area contributed by atoms with E-state index < -0.39 is 0 Å². The zero-order valence-corrected chi connectivity index (χ0v) is 11.7. The molecule has 0 amide bonds. The number of hydrogen-bond donors (Lipinski definition) is 1. The second-order valence-corrected chi connectivity index (χ2v) is 6.54. The average molecular weight is 292 g/mol. The summed E-state index contributed by atoms with van der Waals surface area (Å²) in [6, 6.07) is 2.13. The molecule has 0 spiro atoms. The zero-order valence-electron chi connectivity index (χ0n) is 9.84. The van der Waals surface area contributed by atoms with Crippen LogP contribution in [-0.2, 0) is 0 Å². The summed E-state index contributed by atoms with van der Waals surface area (Å²) < 4.78 is 0.735. The van der Waals surface area contributed by atoms with Crippen LogP contribution in [0.4, 0.5) is 11.5 Å². The Kier molecular flexibility index (Phi) is 3.23. The summed E-state index contributed by atoms with van der Waals surface area (Å²) in [6.07, 6.45) is 5.85. The molecule has 2 heterocycles. The second-order valence-electron chi connectivity index (χ2n) is 5.01. The first-order valence-corrected chi connectivity index (χ1v) is 7.39. The van der Waals surface area contributed by atoms with Crippen molar-refractivity contribution in [2.75, 3.05) is 29.9 Å². The van der Waals surface area contributed by atoms with E-state index >= 15 is 0 Å². The summed E-state index contributed by atoms with van der Waals surface area (Å²) in [6.45, 7) is 3.30. The minimum absolute atomic E-state index is 0.735. The fourth-order valence-corrected chi connectivity index (χ4v) is 2.82. The predicted octanol–water partition coefficient (Wildman–Crippen LogP) is 1.47. The fourth-order valence-electron chi connectivity index (χ4n) is 2.16. The molecule has 90 valence electrons. The third-order valence-electron chi connectivity index (χ3n) is 3.44. The monoisotopic (exact) mass is 292 g/mol. The van der Waals surface area contributed by atoms with Crippen LogP contribution in [0.3, 0.4) is 0 Å². The Morgan fingerprint density at radius 3 is 3.00 bits per heavy atom. The van der Waals surface area contributed by atoms with Crippen molar-refractivity contribution in [2.24, 2.45) is 5.92 Å². The first-order chi connectivity index (χ1) is 8.31. The van der Waals surface area contributed by atoms with Gasteiger partial charge in [-0.3, -0.25) is 0 Å². The molecule has 2 fully saturated rings. The summed E-state index contributed by atoms with van der Waals surface area (Å²) >= 11 is 2.76. The molecule has 2 radical (unpaired) electrons. The van der Waals surface area contributed by atoms with E-state index in [9.17, 15) is 0 Å². The number of rotatable bonds is 4. The molecule has 2 aliphatic rings. The Morgan fingerprint density at radius 1 is 1.41 bits per heavy atom. The maximum absolute atomic E-state index is 4.14. The Hall–Kier alpha value is -0.762. The van der Waals surface area contributed by atoms with Gasteiger partial charge in [0.2, 0.25) is 0 Å². The molecule has 1 aliphatic carbocycles. The quantitative estimate of drug-likeness (QED) is 0.853. The topological polar surface area (TPSA) is 41.1 Å². The summed E-state index contributed by atoms with van der Waals surface area (Å²) in [7, 11) is 0. The van der Waals surface area contributed by atoms with Gasteiger partial charge in [-0.15, -0.1) is 0 Å². The van der Waals surface area contributed by atoms with Crippen LogP contribution in [-0.4, -0.2) is 46.7 Å². The van der Waals surface area contributed by atoms with Crippen molar-refractivity contribution < 1.29 is 0 Å². The fraction of sp³-hybridized carbons (Fsp3) is 0.667.